The molecule has 0 atom stereocenters. The van der Waals surface area contributed by atoms with Crippen molar-refractivity contribution in [3.8, 4) is 44.5 Å². The lowest BCUT2D eigenvalue weighted by Crippen LogP contribution is -2.11. The summed E-state index contributed by atoms with van der Waals surface area (Å²) in [4.78, 5) is 26.1. The zero-order valence-electron chi connectivity index (χ0n) is 24.5. The van der Waals surface area contributed by atoms with Crippen molar-refractivity contribution in [2.24, 2.45) is 0 Å². The normalized spacial score (nSPS) is 11.2. The van der Waals surface area contributed by atoms with Gasteiger partial charge in [-0.25, -0.2) is 19.6 Å². The Morgan fingerprint density at radius 2 is 1.82 bits per heavy atom. The molecule has 0 saturated carbocycles. The Morgan fingerprint density at radius 3 is 2.49 bits per heavy atom. The Labute approximate surface area is 261 Å². The molecule has 45 heavy (non-hydrogen) atoms. The van der Waals surface area contributed by atoms with Gasteiger partial charge in [0.15, 0.2) is 0 Å². The van der Waals surface area contributed by atoms with Crippen LogP contribution in [0.4, 0.5) is 20.3 Å². The number of halogens is 2. The second kappa shape index (κ2) is 11.9. The first-order chi connectivity index (χ1) is 21.6. The number of rotatable bonds is 8. The molecule has 0 saturated heterocycles. The number of hydrogen-bond donors (Lipinski definition) is 2. The van der Waals surface area contributed by atoms with Crippen LogP contribution in [-0.2, 0) is 4.79 Å². The smallest absolute Gasteiger partial charge is 0.333 e. The van der Waals surface area contributed by atoms with Gasteiger partial charge in [-0.05, 0) is 67.8 Å². The molecule has 2 aromatic carbocycles. The van der Waals surface area contributed by atoms with Crippen molar-refractivity contribution in [1.82, 2.24) is 24.7 Å². The Bertz CT molecular complexity index is 2090. The van der Waals surface area contributed by atoms with Crippen LogP contribution in [0.2, 0.25) is 0 Å². The van der Waals surface area contributed by atoms with Crippen molar-refractivity contribution in [3.05, 3.63) is 96.7 Å². The predicted molar refractivity (Wildman–Crippen MR) is 172 cm³/mol. The van der Waals surface area contributed by atoms with E-state index in [2.05, 4.69) is 31.9 Å². The Balaban J connectivity index is 1.51. The van der Waals surface area contributed by atoms with Gasteiger partial charge in [-0.3, -0.25) is 4.79 Å². The minimum Gasteiger partial charge on any atom is -0.424 e. The minimum absolute atomic E-state index is 0.237. The van der Waals surface area contributed by atoms with Crippen molar-refractivity contribution in [1.29, 1.82) is 0 Å². The summed E-state index contributed by atoms with van der Waals surface area (Å²) in [5.74, 6) is 0.574. The summed E-state index contributed by atoms with van der Waals surface area (Å²) in [6, 6.07) is 15.1. The van der Waals surface area contributed by atoms with Gasteiger partial charge in [0, 0.05) is 67.2 Å². The number of carbonyl (C=O) groups excluding carboxylic acids is 1. The number of nitrogens with two attached hydrogens (primary N) is 1. The lowest BCUT2D eigenvalue weighted by molar-refractivity contribution is -0.112. The van der Waals surface area contributed by atoms with Crippen LogP contribution in [0.25, 0.3) is 42.8 Å². The van der Waals surface area contributed by atoms with E-state index in [1.165, 1.54) is 23.7 Å². The molecule has 0 bridgehead atoms. The Hall–Kier alpha value is -5.49. The van der Waals surface area contributed by atoms with Crippen molar-refractivity contribution in [2.75, 3.05) is 11.1 Å². The summed E-state index contributed by atoms with van der Waals surface area (Å²) >= 11 is 1.48. The molecule has 3 N–H and O–H groups in total. The lowest BCUT2D eigenvalue weighted by Gasteiger charge is -2.12. The molecule has 6 aromatic rings. The van der Waals surface area contributed by atoms with Gasteiger partial charge in [0.1, 0.15) is 11.6 Å². The number of nitrogens with zero attached hydrogens (tertiary/aromatic N) is 5. The largest absolute Gasteiger partial charge is 0.424 e. The number of carbonyl (C=O) groups is 1. The number of anilines is 2. The maximum atomic E-state index is 13.4. The number of pyridine rings is 1. The zero-order valence-corrected chi connectivity index (χ0v) is 25.3. The highest BCUT2D eigenvalue weighted by molar-refractivity contribution is 7.23. The van der Waals surface area contributed by atoms with E-state index in [1.54, 1.807) is 25.4 Å². The third-order valence-electron chi connectivity index (χ3n) is 7.10. The number of ether oxygens (including phenoxy) is 1. The van der Waals surface area contributed by atoms with E-state index in [-0.39, 0.29) is 11.9 Å². The summed E-state index contributed by atoms with van der Waals surface area (Å²) in [6.45, 7) is 6.38. The molecular formula is C33H27F2N7O2S. The van der Waals surface area contributed by atoms with Crippen molar-refractivity contribution < 1.29 is 18.3 Å². The van der Waals surface area contributed by atoms with Gasteiger partial charge in [-0.1, -0.05) is 24.8 Å². The van der Waals surface area contributed by atoms with E-state index in [9.17, 15) is 13.6 Å². The van der Waals surface area contributed by atoms with E-state index >= 15 is 0 Å². The Morgan fingerprint density at radius 1 is 1.04 bits per heavy atom. The number of fused-ring (bicyclic) bond motifs is 1. The van der Waals surface area contributed by atoms with Gasteiger partial charge in [0.05, 0.1) is 6.20 Å². The molecule has 0 spiro atoms. The zero-order chi connectivity index (χ0) is 31.8. The van der Waals surface area contributed by atoms with Crippen LogP contribution in [0.5, 0.6) is 11.8 Å². The molecule has 12 heteroatoms. The SMILES string of the molecule is C=C(C)C(=O)Nc1ccc(-c2sc3c(-c4cnn(C(F)F)c4)cnc(N)c3c2-c2ccc(Oc3nccc(C)n3)cc2)c(C)c1. The number of amides is 1. The first kappa shape index (κ1) is 29.6. The average Bonchev–Trinajstić information content (AvgIpc) is 3.65. The van der Waals surface area contributed by atoms with E-state index in [4.69, 9.17) is 10.5 Å². The van der Waals surface area contributed by atoms with E-state index in [1.807, 2.05) is 56.3 Å². The van der Waals surface area contributed by atoms with Crippen LogP contribution in [0, 0.1) is 13.8 Å². The molecule has 4 aromatic heterocycles. The molecule has 0 aliphatic rings. The van der Waals surface area contributed by atoms with Gasteiger partial charge in [0.2, 0.25) is 0 Å². The molecule has 0 unspecified atom stereocenters. The van der Waals surface area contributed by atoms with E-state index < -0.39 is 6.55 Å². The van der Waals surface area contributed by atoms with E-state index in [0.717, 1.165) is 37.5 Å². The molecular weight excluding hydrogens is 596 g/mol. The van der Waals surface area contributed by atoms with Gasteiger partial charge < -0.3 is 15.8 Å². The lowest BCUT2D eigenvalue weighted by atomic mass is 9.95. The summed E-state index contributed by atoms with van der Waals surface area (Å²) in [5.41, 5.74) is 12.9. The summed E-state index contributed by atoms with van der Waals surface area (Å²) < 4.78 is 34.0. The summed E-state index contributed by atoms with van der Waals surface area (Å²) in [7, 11) is 0. The molecule has 0 aliphatic carbocycles. The molecule has 0 aliphatic heterocycles. The Kier molecular flexibility index (Phi) is 7.81. The highest BCUT2D eigenvalue weighted by Gasteiger charge is 2.23. The van der Waals surface area contributed by atoms with Crippen molar-refractivity contribution in [2.45, 2.75) is 27.3 Å². The molecule has 0 fully saturated rings. The molecule has 6 rings (SSSR count). The average molecular weight is 624 g/mol. The number of nitrogen functional groups attached to an aromatic ring is 1. The molecule has 1 amide bonds. The maximum Gasteiger partial charge on any atom is 0.333 e. The van der Waals surface area contributed by atoms with Gasteiger partial charge in [0.25, 0.3) is 5.91 Å². The quantitative estimate of drug-likeness (QED) is 0.164. The third-order valence-corrected chi connectivity index (χ3v) is 8.35. The monoisotopic (exact) mass is 623 g/mol. The summed E-state index contributed by atoms with van der Waals surface area (Å²) in [5, 5.41) is 7.37. The summed E-state index contributed by atoms with van der Waals surface area (Å²) in [6.07, 6.45) is 5.89. The predicted octanol–water partition coefficient (Wildman–Crippen LogP) is 8.18. The maximum absolute atomic E-state index is 13.4. The van der Waals surface area contributed by atoms with Gasteiger partial charge in [-0.15, -0.1) is 11.3 Å². The second-order valence-electron chi connectivity index (χ2n) is 10.4. The van der Waals surface area contributed by atoms with Crippen LogP contribution >= 0.6 is 11.3 Å². The first-order valence-electron chi connectivity index (χ1n) is 13.8. The molecule has 9 nitrogen and oxygen atoms in total. The third kappa shape index (κ3) is 5.87. The molecule has 4 heterocycles. The van der Waals surface area contributed by atoms with Crippen LogP contribution in [-0.4, -0.2) is 30.6 Å². The number of thiophene rings is 1. The van der Waals surface area contributed by atoms with Crippen molar-refractivity contribution >= 4 is 38.8 Å². The van der Waals surface area contributed by atoms with Crippen LogP contribution < -0.4 is 15.8 Å². The van der Waals surface area contributed by atoms with Crippen LogP contribution in [0.3, 0.4) is 0 Å². The number of aromatic nitrogens is 5. The molecule has 226 valence electrons. The number of hydrogen-bond acceptors (Lipinski definition) is 8. The first-order valence-corrected chi connectivity index (χ1v) is 14.6. The van der Waals surface area contributed by atoms with Gasteiger partial charge in [-0.2, -0.15) is 13.9 Å². The van der Waals surface area contributed by atoms with Gasteiger partial charge >= 0.3 is 12.6 Å². The number of nitrogens with one attached hydrogen (secondary N) is 1. The fraction of sp³-hybridized carbons (Fsp3) is 0.121. The minimum atomic E-state index is -2.78. The van der Waals surface area contributed by atoms with Crippen LogP contribution in [0.1, 0.15) is 24.7 Å². The van der Waals surface area contributed by atoms with Crippen LogP contribution in [0.15, 0.2) is 85.5 Å². The fourth-order valence-electron chi connectivity index (χ4n) is 4.88. The number of alkyl halides is 2. The highest BCUT2D eigenvalue weighted by Crippen LogP contribution is 2.50. The standard InChI is InChI=1S/C33H27F2N7O2S/c1-17(2)31(43)41-22-7-10-24(18(3)13-22)28-26(20-5-8-23(9-6-20)44-33-37-12-11-19(4)40-33)27-29(45-28)25(15-38-30(27)36)21-14-39-42(16-21)32(34)35/h5-16,32H,1H2,2-4H3,(H2,36,38)(H,41,43). The molecule has 0 radical (unpaired) electrons. The number of benzene rings is 2. The highest BCUT2D eigenvalue weighted by atomic mass is 32.1. The van der Waals surface area contributed by atoms with E-state index in [0.29, 0.717) is 44.0 Å². The second-order valence-corrected chi connectivity index (χ2v) is 11.4. The fourth-order valence-corrected chi connectivity index (χ4v) is 6.34. The topological polar surface area (TPSA) is 121 Å². The number of aryl methyl sites for hydroxylation is 2. The van der Waals surface area contributed by atoms with Crippen molar-refractivity contribution in [3.63, 3.8) is 0 Å².